The lowest BCUT2D eigenvalue weighted by Gasteiger charge is -2.47. The number of nitrogens with one attached hydrogen (secondary N) is 2. The molecule has 2 saturated heterocycles. The second-order valence-corrected chi connectivity index (χ2v) is 5.74. The summed E-state index contributed by atoms with van der Waals surface area (Å²) >= 11 is 0. The highest BCUT2D eigenvalue weighted by Gasteiger charge is 2.67. The van der Waals surface area contributed by atoms with E-state index in [1.807, 2.05) is 0 Å². The number of urea groups is 1. The third-order valence-electron chi connectivity index (χ3n) is 4.48. The van der Waals surface area contributed by atoms with E-state index in [0.29, 0.717) is 18.4 Å². The van der Waals surface area contributed by atoms with Crippen LogP contribution in [0.4, 0.5) is 4.79 Å². The van der Waals surface area contributed by atoms with Crippen molar-refractivity contribution in [2.24, 2.45) is 0 Å². The van der Waals surface area contributed by atoms with Crippen molar-refractivity contribution in [2.75, 3.05) is 13.1 Å². The minimum Gasteiger partial charge on any atom is -0.271 e. The van der Waals surface area contributed by atoms with Crippen LogP contribution in [0.2, 0.25) is 0 Å². The zero-order valence-corrected chi connectivity index (χ0v) is 12.0. The van der Waals surface area contributed by atoms with Crippen LogP contribution in [0.5, 0.6) is 0 Å². The minimum absolute atomic E-state index is 0.282. The number of quaternary nitrogens is 1. The Morgan fingerprint density at radius 3 is 2.00 bits per heavy atom. The van der Waals surface area contributed by atoms with Gasteiger partial charge in [-0.15, -0.1) is 0 Å². The Morgan fingerprint density at radius 1 is 0.909 bits per heavy atom. The number of imide groups is 2. The van der Waals surface area contributed by atoms with Crippen molar-refractivity contribution in [3.8, 4) is 0 Å². The number of amides is 4. The van der Waals surface area contributed by atoms with Crippen LogP contribution < -0.4 is 10.6 Å². The Labute approximate surface area is 127 Å². The maximum atomic E-state index is 12.7. The van der Waals surface area contributed by atoms with Gasteiger partial charge in [0.15, 0.2) is 0 Å². The molecular weight excluding hydrogens is 286 g/mol. The monoisotopic (exact) mass is 304 g/mol. The molecule has 0 unspecified atom stereocenters. The Morgan fingerprint density at radius 2 is 1.45 bits per heavy atom. The van der Waals surface area contributed by atoms with Crippen LogP contribution in [0, 0.1) is 0 Å². The van der Waals surface area contributed by atoms with Crippen LogP contribution in [0.15, 0.2) is 30.3 Å². The number of piperidine rings is 1. The van der Waals surface area contributed by atoms with Crippen LogP contribution >= 0.6 is 0 Å². The molecule has 2 fully saturated rings. The molecule has 1 aromatic carbocycles. The highest BCUT2D eigenvalue weighted by atomic mass is 16.6. The SMILES string of the molecule is O=C1NC(=O)C(c2ccccc2)([N+]2(O)CCCCC2)C(=O)N1. The first-order valence-corrected chi connectivity index (χ1v) is 7.33. The quantitative estimate of drug-likeness (QED) is 0.552. The maximum absolute atomic E-state index is 12.7. The van der Waals surface area contributed by atoms with Gasteiger partial charge in [0.25, 0.3) is 0 Å². The molecule has 0 aromatic heterocycles. The summed E-state index contributed by atoms with van der Waals surface area (Å²) in [6, 6.07) is 7.55. The number of rotatable bonds is 2. The van der Waals surface area contributed by atoms with Gasteiger partial charge in [-0.2, -0.15) is 4.65 Å². The molecule has 0 bridgehead atoms. The maximum Gasteiger partial charge on any atom is 0.328 e. The van der Waals surface area contributed by atoms with Crippen molar-refractivity contribution in [3.63, 3.8) is 0 Å². The van der Waals surface area contributed by atoms with Crippen molar-refractivity contribution in [1.82, 2.24) is 10.6 Å². The van der Waals surface area contributed by atoms with Crippen molar-refractivity contribution < 1.29 is 24.2 Å². The van der Waals surface area contributed by atoms with Crippen LogP contribution in [0.1, 0.15) is 24.8 Å². The fourth-order valence-corrected chi connectivity index (χ4v) is 3.45. The third-order valence-corrected chi connectivity index (χ3v) is 4.48. The molecule has 22 heavy (non-hydrogen) atoms. The summed E-state index contributed by atoms with van der Waals surface area (Å²) < 4.78 is -0.706. The van der Waals surface area contributed by atoms with Crippen molar-refractivity contribution >= 4 is 17.8 Å². The van der Waals surface area contributed by atoms with Gasteiger partial charge in [-0.1, -0.05) is 30.3 Å². The molecule has 1 aromatic rings. The Bertz CT molecular complexity index is 603. The van der Waals surface area contributed by atoms with Gasteiger partial charge in [0.2, 0.25) is 0 Å². The molecule has 0 saturated carbocycles. The van der Waals surface area contributed by atoms with Gasteiger partial charge >= 0.3 is 23.4 Å². The lowest BCUT2D eigenvalue weighted by molar-refractivity contribution is -1.13. The molecule has 0 radical (unpaired) electrons. The van der Waals surface area contributed by atoms with Gasteiger partial charge in [0.05, 0.1) is 0 Å². The number of carbonyl (C=O) groups is 3. The van der Waals surface area contributed by atoms with E-state index >= 15 is 0 Å². The standard InChI is InChI=1S/C15H17N3O4/c19-12-15(11-7-3-1-4-8-11,13(20)17-14(21)16-12)18(22)9-5-2-6-10-18/h1,3-4,7-8,22H,2,5-6,9-10H2,(H-,16,17,19,20,21)/p+1. The van der Waals surface area contributed by atoms with Gasteiger partial charge in [0, 0.05) is 5.56 Å². The molecule has 7 nitrogen and oxygen atoms in total. The van der Waals surface area contributed by atoms with E-state index in [0.717, 1.165) is 6.42 Å². The lowest BCUT2D eigenvalue weighted by atomic mass is 9.82. The Balaban J connectivity index is 2.20. The number of nitrogens with zero attached hydrogens (tertiary/aromatic N) is 1. The average molecular weight is 304 g/mol. The fourth-order valence-electron chi connectivity index (χ4n) is 3.45. The van der Waals surface area contributed by atoms with Crippen LogP contribution in [-0.4, -0.2) is 40.8 Å². The summed E-state index contributed by atoms with van der Waals surface area (Å²) in [7, 11) is 0. The molecule has 4 amide bonds. The van der Waals surface area contributed by atoms with E-state index in [-0.39, 0.29) is 13.1 Å². The molecule has 7 heteroatoms. The summed E-state index contributed by atoms with van der Waals surface area (Å²) in [4.78, 5) is 36.8. The molecule has 3 N–H and O–H groups in total. The van der Waals surface area contributed by atoms with Crippen molar-refractivity contribution in [1.29, 1.82) is 0 Å². The van der Waals surface area contributed by atoms with E-state index in [1.165, 1.54) is 0 Å². The van der Waals surface area contributed by atoms with Crippen LogP contribution in [0.3, 0.4) is 0 Å². The minimum atomic E-state index is -1.85. The third kappa shape index (κ3) is 1.93. The molecule has 2 aliphatic heterocycles. The van der Waals surface area contributed by atoms with E-state index in [9.17, 15) is 19.6 Å². The Hall–Kier alpha value is -2.25. The summed E-state index contributed by atoms with van der Waals surface area (Å²) in [5, 5.41) is 15.4. The smallest absolute Gasteiger partial charge is 0.271 e. The van der Waals surface area contributed by atoms with E-state index in [1.54, 1.807) is 30.3 Å². The fraction of sp³-hybridized carbons (Fsp3) is 0.400. The van der Waals surface area contributed by atoms with E-state index < -0.39 is 28.0 Å². The summed E-state index contributed by atoms with van der Waals surface area (Å²) in [5.74, 6) is -1.56. The predicted molar refractivity (Wildman–Crippen MR) is 75.4 cm³/mol. The van der Waals surface area contributed by atoms with Crippen LogP contribution in [-0.2, 0) is 15.1 Å². The zero-order chi connectivity index (χ0) is 15.8. The summed E-state index contributed by atoms with van der Waals surface area (Å²) in [6.45, 7) is 0.563. The second-order valence-electron chi connectivity index (χ2n) is 5.74. The van der Waals surface area contributed by atoms with Crippen molar-refractivity contribution in [3.05, 3.63) is 35.9 Å². The Kier molecular flexibility index (Phi) is 3.46. The topological polar surface area (TPSA) is 95.5 Å². The number of benzene rings is 1. The molecule has 116 valence electrons. The number of barbiturate groups is 1. The molecule has 2 heterocycles. The largest absolute Gasteiger partial charge is 0.328 e. The first-order valence-electron chi connectivity index (χ1n) is 7.33. The number of hydrogen-bond donors (Lipinski definition) is 3. The summed E-state index contributed by atoms with van der Waals surface area (Å²) in [5.41, 5.74) is -1.47. The van der Waals surface area contributed by atoms with Gasteiger partial charge in [-0.25, -0.2) is 10.0 Å². The highest BCUT2D eigenvalue weighted by molar-refractivity contribution is 6.21. The second kappa shape index (κ2) is 5.19. The molecule has 0 spiro atoms. The average Bonchev–Trinajstić information content (AvgIpc) is 2.48. The number of likely N-dealkylation sites (tertiary alicyclic amines) is 1. The number of hydroxylamine groups is 3. The normalized spacial score (nSPS) is 23.6. The van der Waals surface area contributed by atoms with E-state index in [4.69, 9.17) is 0 Å². The van der Waals surface area contributed by atoms with Crippen molar-refractivity contribution in [2.45, 2.75) is 24.8 Å². The molecule has 3 rings (SSSR count). The first-order chi connectivity index (χ1) is 10.5. The van der Waals surface area contributed by atoms with Gasteiger partial charge < -0.3 is 0 Å². The van der Waals surface area contributed by atoms with Gasteiger partial charge in [0.1, 0.15) is 13.1 Å². The van der Waals surface area contributed by atoms with Crippen LogP contribution in [0.25, 0.3) is 0 Å². The van der Waals surface area contributed by atoms with Gasteiger partial charge in [-0.3, -0.25) is 20.2 Å². The number of hydrogen-bond acceptors (Lipinski definition) is 4. The highest BCUT2D eigenvalue weighted by Crippen LogP contribution is 2.38. The summed E-state index contributed by atoms with van der Waals surface area (Å²) in [6.07, 6.45) is 2.35. The van der Waals surface area contributed by atoms with E-state index in [2.05, 4.69) is 10.6 Å². The molecule has 0 aliphatic carbocycles. The molecule has 0 atom stereocenters. The molecular formula is C15H18N3O4+. The number of carbonyl (C=O) groups excluding carboxylic acids is 3. The predicted octanol–water partition coefficient (Wildman–Crippen LogP) is 0.638. The van der Waals surface area contributed by atoms with Gasteiger partial charge in [-0.05, 0) is 19.3 Å². The lowest BCUT2D eigenvalue weighted by Crippen LogP contribution is -2.77. The first kappa shape index (κ1) is 14.7. The molecule has 2 aliphatic rings. The zero-order valence-electron chi connectivity index (χ0n) is 12.0.